The minimum atomic E-state index is 0.127. The predicted molar refractivity (Wildman–Crippen MR) is 87.4 cm³/mol. The van der Waals surface area contributed by atoms with Gasteiger partial charge >= 0.3 is 0 Å². The Balaban J connectivity index is 1.70. The van der Waals surface area contributed by atoms with Crippen LogP contribution in [-0.4, -0.2) is 29.9 Å². The number of nitrogens with zero attached hydrogens (tertiary/aromatic N) is 1. The Morgan fingerprint density at radius 2 is 1.82 bits per heavy atom. The third kappa shape index (κ3) is 2.13. The zero-order valence-corrected chi connectivity index (χ0v) is 12.5. The van der Waals surface area contributed by atoms with Gasteiger partial charge < -0.3 is 10.6 Å². The van der Waals surface area contributed by atoms with Crippen molar-refractivity contribution in [1.29, 1.82) is 0 Å². The minimum absolute atomic E-state index is 0.127. The van der Waals surface area contributed by atoms with E-state index in [1.807, 2.05) is 59.5 Å². The lowest BCUT2D eigenvalue weighted by Crippen LogP contribution is -2.42. The van der Waals surface area contributed by atoms with E-state index in [1.165, 1.54) is 6.42 Å². The Morgan fingerprint density at radius 3 is 2.59 bits per heavy atom. The van der Waals surface area contributed by atoms with E-state index in [0.29, 0.717) is 18.4 Å². The van der Waals surface area contributed by atoms with Crippen molar-refractivity contribution < 1.29 is 4.79 Å². The van der Waals surface area contributed by atoms with Crippen LogP contribution in [0.2, 0.25) is 0 Å². The minimum Gasteiger partial charge on any atom is -0.334 e. The standard InChI is InChI=1S/C19H20N2O/c20-11-18-17-10-14(17)12-21(18)19(22)16-9-5-4-8-15(16)13-6-2-1-3-7-13/h1-9,14,17-18H,10-12,20H2/t14-,17-,18+/m0/s1. The molecule has 3 heteroatoms. The second-order valence-corrected chi connectivity index (χ2v) is 6.33. The molecule has 0 spiro atoms. The van der Waals surface area contributed by atoms with Gasteiger partial charge in [-0.2, -0.15) is 0 Å². The summed E-state index contributed by atoms with van der Waals surface area (Å²) in [5.74, 6) is 1.45. The molecule has 22 heavy (non-hydrogen) atoms. The van der Waals surface area contributed by atoms with Gasteiger partial charge in [0.05, 0.1) is 0 Å². The number of amides is 1. The van der Waals surface area contributed by atoms with Crippen LogP contribution >= 0.6 is 0 Å². The van der Waals surface area contributed by atoms with E-state index >= 15 is 0 Å². The van der Waals surface area contributed by atoms with Gasteiger partial charge in [-0.1, -0.05) is 48.5 Å². The topological polar surface area (TPSA) is 46.3 Å². The smallest absolute Gasteiger partial charge is 0.254 e. The summed E-state index contributed by atoms with van der Waals surface area (Å²) in [4.78, 5) is 15.0. The molecule has 2 fully saturated rings. The number of hydrogen-bond donors (Lipinski definition) is 1. The second kappa shape index (κ2) is 5.25. The van der Waals surface area contributed by atoms with Crippen molar-refractivity contribution in [3.8, 4) is 11.1 Å². The van der Waals surface area contributed by atoms with E-state index in [2.05, 4.69) is 0 Å². The maximum absolute atomic E-state index is 13.0. The fraction of sp³-hybridized carbons (Fsp3) is 0.316. The first-order chi connectivity index (χ1) is 10.8. The molecule has 1 heterocycles. The summed E-state index contributed by atoms with van der Waals surface area (Å²) in [6.07, 6.45) is 1.24. The van der Waals surface area contributed by atoms with Crippen LogP contribution in [0.15, 0.2) is 54.6 Å². The molecule has 3 nitrogen and oxygen atoms in total. The van der Waals surface area contributed by atoms with Gasteiger partial charge in [0.15, 0.2) is 0 Å². The maximum Gasteiger partial charge on any atom is 0.254 e. The Kier molecular flexibility index (Phi) is 3.23. The molecular weight excluding hydrogens is 272 g/mol. The van der Waals surface area contributed by atoms with Crippen molar-refractivity contribution in [3.63, 3.8) is 0 Å². The predicted octanol–water partition coefficient (Wildman–Crippen LogP) is 2.77. The molecule has 0 bridgehead atoms. The maximum atomic E-state index is 13.0. The first-order valence-electron chi connectivity index (χ1n) is 7.95. The average molecular weight is 292 g/mol. The summed E-state index contributed by atoms with van der Waals surface area (Å²) < 4.78 is 0. The number of hydrogen-bond acceptors (Lipinski definition) is 2. The Morgan fingerprint density at radius 1 is 1.09 bits per heavy atom. The van der Waals surface area contributed by atoms with E-state index in [1.54, 1.807) is 0 Å². The van der Waals surface area contributed by atoms with Crippen LogP contribution in [0.25, 0.3) is 11.1 Å². The zero-order chi connectivity index (χ0) is 15.1. The molecule has 2 aromatic carbocycles. The highest BCUT2D eigenvalue weighted by Gasteiger charge is 2.53. The number of carbonyl (C=O) groups excluding carboxylic acids is 1. The van der Waals surface area contributed by atoms with E-state index < -0.39 is 0 Å². The lowest BCUT2D eigenvalue weighted by atomic mass is 9.98. The Bertz CT molecular complexity index is 698. The van der Waals surface area contributed by atoms with Gasteiger partial charge in [-0.3, -0.25) is 4.79 Å². The molecule has 1 saturated carbocycles. The van der Waals surface area contributed by atoms with Gasteiger partial charge in [-0.05, 0) is 35.4 Å². The molecule has 2 N–H and O–H groups in total. The number of benzene rings is 2. The number of carbonyl (C=O) groups is 1. The highest BCUT2D eigenvalue weighted by molar-refractivity contribution is 6.01. The molecular formula is C19H20N2O. The normalized spacial score (nSPS) is 25.9. The molecule has 0 aromatic heterocycles. The largest absolute Gasteiger partial charge is 0.334 e. The molecule has 1 aliphatic heterocycles. The second-order valence-electron chi connectivity index (χ2n) is 6.33. The molecule has 0 unspecified atom stereocenters. The molecule has 0 radical (unpaired) electrons. The van der Waals surface area contributed by atoms with Crippen LogP contribution in [0.1, 0.15) is 16.8 Å². The third-order valence-corrected chi connectivity index (χ3v) is 5.05. The Labute approximate surface area is 130 Å². The van der Waals surface area contributed by atoms with Crippen LogP contribution in [0.4, 0.5) is 0 Å². The van der Waals surface area contributed by atoms with Crippen LogP contribution in [0.5, 0.6) is 0 Å². The van der Waals surface area contributed by atoms with Crippen molar-refractivity contribution in [2.24, 2.45) is 17.6 Å². The molecule has 2 aromatic rings. The average Bonchev–Trinajstić information content (AvgIpc) is 3.26. The highest BCUT2D eigenvalue weighted by atomic mass is 16.2. The number of likely N-dealkylation sites (tertiary alicyclic amines) is 1. The van der Waals surface area contributed by atoms with E-state index in [-0.39, 0.29) is 11.9 Å². The number of nitrogens with two attached hydrogens (primary N) is 1. The Hall–Kier alpha value is -2.13. The molecule has 1 amide bonds. The van der Waals surface area contributed by atoms with Crippen molar-refractivity contribution in [1.82, 2.24) is 4.90 Å². The lowest BCUT2D eigenvalue weighted by Gasteiger charge is -2.27. The molecule has 2 aliphatic rings. The number of fused-ring (bicyclic) bond motifs is 1. The molecule has 1 aliphatic carbocycles. The van der Waals surface area contributed by atoms with Gasteiger partial charge in [0.2, 0.25) is 0 Å². The molecule has 112 valence electrons. The quantitative estimate of drug-likeness (QED) is 0.945. The first kappa shape index (κ1) is 13.5. The van der Waals surface area contributed by atoms with Crippen molar-refractivity contribution in [2.45, 2.75) is 12.5 Å². The van der Waals surface area contributed by atoms with Gasteiger partial charge in [0, 0.05) is 24.7 Å². The summed E-state index contributed by atoms with van der Waals surface area (Å²) in [5, 5.41) is 0. The zero-order valence-electron chi connectivity index (χ0n) is 12.5. The third-order valence-electron chi connectivity index (χ3n) is 5.05. The molecule has 1 saturated heterocycles. The summed E-state index contributed by atoms with van der Waals surface area (Å²) in [5.41, 5.74) is 8.79. The van der Waals surface area contributed by atoms with Gasteiger partial charge in [0.1, 0.15) is 0 Å². The fourth-order valence-electron chi connectivity index (χ4n) is 3.80. The van der Waals surface area contributed by atoms with Gasteiger partial charge in [-0.15, -0.1) is 0 Å². The monoisotopic (exact) mass is 292 g/mol. The van der Waals surface area contributed by atoms with Crippen LogP contribution in [0.3, 0.4) is 0 Å². The number of piperidine rings is 1. The summed E-state index contributed by atoms with van der Waals surface area (Å²) in [6, 6.07) is 18.2. The number of rotatable bonds is 3. The summed E-state index contributed by atoms with van der Waals surface area (Å²) in [6.45, 7) is 1.44. The van der Waals surface area contributed by atoms with E-state index in [9.17, 15) is 4.79 Å². The van der Waals surface area contributed by atoms with Crippen molar-refractivity contribution in [3.05, 3.63) is 60.2 Å². The SMILES string of the molecule is NC[C@@H]1[C@H]2C[C@H]2CN1C(=O)c1ccccc1-c1ccccc1. The summed E-state index contributed by atoms with van der Waals surface area (Å²) in [7, 11) is 0. The first-order valence-corrected chi connectivity index (χ1v) is 7.95. The molecule has 4 rings (SSSR count). The lowest BCUT2D eigenvalue weighted by molar-refractivity contribution is 0.0713. The summed E-state index contributed by atoms with van der Waals surface area (Å²) >= 11 is 0. The van der Waals surface area contributed by atoms with Crippen LogP contribution in [-0.2, 0) is 0 Å². The fourth-order valence-corrected chi connectivity index (χ4v) is 3.80. The van der Waals surface area contributed by atoms with E-state index in [0.717, 1.165) is 23.2 Å². The van der Waals surface area contributed by atoms with Gasteiger partial charge in [0.25, 0.3) is 5.91 Å². The van der Waals surface area contributed by atoms with Gasteiger partial charge in [-0.25, -0.2) is 0 Å². The van der Waals surface area contributed by atoms with Crippen molar-refractivity contribution >= 4 is 5.91 Å². The molecule has 3 atom stereocenters. The highest BCUT2D eigenvalue weighted by Crippen LogP contribution is 2.49. The van der Waals surface area contributed by atoms with Crippen LogP contribution < -0.4 is 5.73 Å². The van der Waals surface area contributed by atoms with E-state index in [4.69, 9.17) is 5.73 Å². The van der Waals surface area contributed by atoms with Crippen LogP contribution in [0, 0.1) is 11.8 Å². The van der Waals surface area contributed by atoms with Crippen molar-refractivity contribution in [2.75, 3.05) is 13.1 Å².